The molecule has 0 bridgehead atoms. The molecular formula is C13H20N2O3. The third kappa shape index (κ3) is 3.63. The molecule has 0 aliphatic carbocycles. The first-order valence-corrected chi connectivity index (χ1v) is 5.91. The maximum atomic E-state index is 11.7. The third-order valence-corrected chi connectivity index (χ3v) is 2.56. The Bertz CT molecular complexity index is 407. The van der Waals surface area contributed by atoms with E-state index in [9.17, 15) is 4.79 Å². The first-order chi connectivity index (χ1) is 8.62. The van der Waals surface area contributed by atoms with Crippen LogP contribution in [0.2, 0.25) is 0 Å². The maximum absolute atomic E-state index is 11.7. The lowest BCUT2D eigenvalue weighted by atomic mass is 10.2. The molecule has 0 aliphatic rings. The van der Waals surface area contributed by atoms with E-state index in [0.717, 1.165) is 0 Å². The monoisotopic (exact) mass is 252 g/mol. The molecule has 1 atom stereocenters. The van der Waals surface area contributed by atoms with Crippen LogP contribution in [-0.2, 0) is 4.79 Å². The molecule has 18 heavy (non-hydrogen) atoms. The van der Waals surface area contributed by atoms with Gasteiger partial charge in [0.05, 0.1) is 19.8 Å². The number of amides is 1. The first-order valence-electron chi connectivity index (χ1n) is 5.91. The van der Waals surface area contributed by atoms with Crippen molar-refractivity contribution in [1.29, 1.82) is 0 Å². The molecule has 100 valence electrons. The zero-order valence-corrected chi connectivity index (χ0v) is 11.2. The largest absolute Gasteiger partial charge is 0.493 e. The van der Waals surface area contributed by atoms with Gasteiger partial charge >= 0.3 is 0 Å². The average Bonchev–Trinajstić information content (AvgIpc) is 2.39. The van der Waals surface area contributed by atoms with Gasteiger partial charge in [-0.05, 0) is 33.0 Å². The van der Waals surface area contributed by atoms with E-state index in [2.05, 4.69) is 10.6 Å². The molecular weight excluding hydrogens is 232 g/mol. The Balaban J connectivity index is 2.82. The molecule has 0 heterocycles. The van der Waals surface area contributed by atoms with Crippen LogP contribution in [0.25, 0.3) is 0 Å². The summed E-state index contributed by atoms with van der Waals surface area (Å²) in [6.07, 6.45) is 0. The number of rotatable bonds is 6. The highest BCUT2D eigenvalue weighted by molar-refractivity contribution is 5.94. The predicted octanol–water partition coefficient (Wildman–Crippen LogP) is 1.64. The van der Waals surface area contributed by atoms with Crippen molar-refractivity contribution < 1.29 is 14.3 Å². The van der Waals surface area contributed by atoms with Gasteiger partial charge in [0, 0.05) is 11.8 Å². The van der Waals surface area contributed by atoms with Crippen LogP contribution < -0.4 is 20.1 Å². The van der Waals surface area contributed by atoms with Gasteiger partial charge in [-0.3, -0.25) is 4.79 Å². The minimum atomic E-state index is -0.248. The van der Waals surface area contributed by atoms with Crippen molar-refractivity contribution in [2.24, 2.45) is 0 Å². The van der Waals surface area contributed by atoms with Crippen LogP contribution >= 0.6 is 0 Å². The van der Waals surface area contributed by atoms with Gasteiger partial charge in [0.2, 0.25) is 5.91 Å². The highest BCUT2D eigenvalue weighted by Gasteiger charge is 2.12. The van der Waals surface area contributed by atoms with E-state index >= 15 is 0 Å². The summed E-state index contributed by atoms with van der Waals surface area (Å²) in [6, 6.07) is 5.06. The Hall–Kier alpha value is -1.75. The molecule has 2 N–H and O–H groups in total. The maximum Gasteiger partial charge on any atom is 0.241 e. The fraction of sp³-hybridized carbons (Fsp3) is 0.462. The molecule has 0 aliphatic heterocycles. The zero-order valence-electron chi connectivity index (χ0n) is 11.2. The molecule has 0 radical (unpaired) electrons. The van der Waals surface area contributed by atoms with Gasteiger partial charge in [-0.15, -0.1) is 0 Å². The molecule has 0 saturated carbocycles. The molecule has 1 aromatic rings. The van der Waals surface area contributed by atoms with E-state index in [1.54, 1.807) is 39.3 Å². The molecule has 5 nitrogen and oxygen atoms in total. The highest BCUT2D eigenvalue weighted by atomic mass is 16.5. The second-order valence-corrected chi connectivity index (χ2v) is 3.80. The van der Waals surface area contributed by atoms with Crippen LogP contribution in [0.15, 0.2) is 18.2 Å². The van der Waals surface area contributed by atoms with Crippen LogP contribution in [-0.4, -0.2) is 32.7 Å². The Morgan fingerprint density at radius 3 is 2.67 bits per heavy atom. The lowest BCUT2D eigenvalue weighted by Crippen LogP contribution is -2.35. The number of ether oxygens (including phenoxy) is 2. The van der Waals surface area contributed by atoms with Gasteiger partial charge < -0.3 is 20.1 Å². The summed E-state index contributed by atoms with van der Waals surface area (Å²) in [6.45, 7) is 4.27. The lowest BCUT2D eigenvalue weighted by Gasteiger charge is -2.14. The van der Waals surface area contributed by atoms with Crippen molar-refractivity contribution in [1.82, 2.24) is 5.32 Å². The van der Waals surface area contributed by atoms with E-state index in [4.69, 9.17) is 9.47 Å². The lowest BCUT2D eigenvalue weighted by molar-refractivity contribution is -0.117. The number of anilines is 1. The topological polar surface area (TPSA) is 59.6 Å². The Kier molecular flexibility index (Phi) is 5.45. The van der Waals surface area contributed by atoms with Gasteiger partial charge in [0.25, 0.3) is 0 Å². The average molecular weight is 252 g/mol. The summed E-state index contributed by atoms with van der Waals surface area (Å²) in [5.41, 5.74) is 0.683. The van der Waals surface area contributed by atoms with E-state index < -0.39 is 0 Å². The van der Waals surface area contributed by atoms with Crippen LogP contribution in [0.1, 0.15) is 13.8 Å². The number of hydrogen-bond acceptors (Lipinski definition) is 4. The minimum Gasteiger partial charge on any atom is -0.493 e. The summed E-state index contributed by atoms with van der Waals surface area (Å²) >= 11 is 0. The number of benzene rings is 1. The van der Waals surface area contributed by atoms with E-state index in [1.165, 1.54) is 0 Å². The number of likely N-dealkylation sites (N-methyl/N-ethyl adjacent to an activating group) is 1. The zero-order chi connectivity index (χ0) is 13.5. The Morgan fingerprint density at radius 2 is 2.11 bits per heavy atom. The smallest absolute Gasteiger partial charge is 0.241 e. The summed E-state index contributed by atoms with van der Waals surface area (Å²) < 4.78 is 10.6. The fourth-order valence-electron chi connectivity index (χ4n) is 1.40. The second kappa shape index (κ2) is 6.86. The molecule has 0 aromatic heterocycles. The summed E-state index contributed by atoms with van der Waals surface area (Å²) in [5.74, 6) is 1.18. The first kappa shape index (κ1) is 14.3. The number of carbonyl (C=O) groups excluding carboxylic acids is 1. The standard InChI is InChI=1S/C13H20N2O3/c1-5-18-11-7-6-10(8-12(11)17-4)15-13(16)9(2)14-3/h6-9,14H,5H2,1-4H3,(H,15,16). The summed E-state index contributed by atoms with van der Waals surface area (Å²) in [4.78, 5) is 11.7. The number of nitrogens with one attached hydrogen (secondary N) is 2. The number of carbonyl (C=O) groups is 1. The van der Waals surface area contributed by atoms with Gasteiger partial charge in [-0.25, -0.2) is 0 Å². The van der Waals surface area contributed by atoms with E-state index in [1.807, 2.05) is 6.92 Å². The Morgan fingerprint density at radius 1 is 1.39 bits per heavy atom. The molecule has 5 heteroatoms. The normalized spacial score (nSPS) is 11.8. The minimum absolute atomic E-state index is 0.0938. The van der Waals surface area contributed by atoms with Crippen molar-refractivity contribution in [3.63, 3.8) is 0 Å². The molecule has 1 unspecified atom stereocenters. The second-order valence-electron chi connectivity index (χ2n) is 3.80. The highest BCUT2D eigenvalue weighted by Crippen LogP contribution is 2.30. The van der Waals surface area contributed by atoms with Gasteiger partial charge in [-0.2, -0.15) is 0 Å². The van der Waals surface area contributed by atoms with Crippen molar-refractivity contribution in [3.8, 4) is 11.5 Å². The number of methoxy groups -OCH3 is 1. The molecule has 0 fully saturated rings. The fourth-order valence-corrected chi connectivity index (χ4v) is 1.40. The van der Waals surface area contributed by atoms with Crippen LogP contribution in [0.5, 0.6) is 11.5 Å². The van der Waals surface area contributed by atoms with Crippen molar-refractivity contribution >= 4 is 11.6 Å². The van der Waals surface area contributed by atoms with Gasteiger partial charge in [-0.1, -0.05) is 0 Å². The third-order valence-electron chi connectivity index (χ3n) is 2.56. The van der Waals surface area contributed by atoms with E-state index in [-0.39, 0.29) is 11.9 Å². The molecule has 1 amide bonds. The SMILES string of the molecule is CCOc1ccc(NC(=O)C(C)NC)cc1OC. The van der Waals surface area contributed by atoms with Crippen molar-refractivity contribution in [2.45, 2.75) is 19.9 Å². The van der Waals surface area contributed by atoms with Crippen molar-refractivity contribution in [3.05, 3.63) is 18.2 Å². The van der Waals surface area contributed by atoms with Crippen molar-refractivity contribution in [2.75, 3.05) is 26.1 Å². The van der Waals surface area contributed by atoms with Gasteiger partial charge in [0.15, 0.2) is 11.5 Å². The Labute approximate surface area is 107 Å². The predicted molar refractivity (Wildman–Crippen MR) is 71.3 cm³/mol. The summed E-state index contributed by atoms with van der Waals surface area (Å²) in [5, 5.41) is 5.68. The van der Waals surface area contributed by atoms with E-state index in [0.29, 0.717) is 23.8 Å². The molecule has 0 spiro atoms. The molecule has 1 aromatic carbocycles. The van der Waals surface area contributed by atoms with Crippen LogP contribution in [0.4, 0.5) is 5.69 Å². The molecule has 1 rings (SSSR count). The van der Waals surface area contributed by atoms with Crippen LogP contribution in [0, 0.1) is 0 Å². The number of hydrogen-bond donors (Lipinski definition) is 2. The molecule has 0 saturated heterocycles. The van der Waals surface area contributed by atoms with Gasteiger partial charge in [0.1, 0.15) is 0 Å². The quantitative estimate of drug-likeness (QED) is 0.808. The van der Waals surface area contributed by atoms with Crippen LogP contribution in [0.3, 0.4) is 0 Å². The summed E-state index contributed by atoms with van der Waals surface area (Å²) in [7, 11) is 3.31.